The smallest absolute Gasteiger partial charge is 0.293 e. The minimum Gasteiger partial charge on any atom is -0.473 e. The van der Waals surface area contributed by atoms with Gasteiger partial charge < -0.3 is 14.6 Å². The van der Waals surface area contributed by atoms with Gasteiger partial charge in [-0.3, -0.25) is 4.79 Å². The molecule has 1 N–H and O–H groups in total. The molecule has 2 heterocycles. The van der Waals surface area contributed by atoms with Crippen molar-refractivity contribution in [2.75, 3.05) is 0 Å². The topological polar surface area (TPSA) is 99.4 Å². The quantitative estimate of drug-likeness (QED) is 0.215. The normalized spacial score (nSPS) is 16.8. The van der Waals surface area contributed by atoms with Crippen LogP contribution in [0.2, 0.25) is 0 Å². The summed E-state index contributed by atoms with van der Waals surface area (Å²) in [5.74, 6) is 1.09. The van der Waals surface area contributed by atoms with Gasteiger partial charge in [0, 0.05) is 35.0 Å². The van der Waals surface area contributed by atoms with Crippen molar-refractivity contribution < 1.29 is 28.2 Å². The number of hydrogen-bond donors (Lipinski definition) is 1. The molecule has 4 aromatic rings. The number of carbonyl (C=O) groups is 1. The van der Waals surface area contributed by atoms with Crippen LogP contribution in [0.3, 0.4) is 0 Å². The lowest BCUT2D eigenvalue weighted by Gasteiger charge is -2.16. The third-order valence-corrected chi connectivity index (χ3v) is 7.86. The minimum absolute atomic E-state index is 0.0451. The molecule has 2 aliphatic carbocycles. The Morgan fingerprint density at radius 1 is 1.02 bits per heavy atom. The molecule has 0 spiro atoms. The summed E-state index contributed by atoms with van der Waals surface area (Å²) in [6.45, 7) is 13.4. The fraction of sp³-hybridized carbons (Fsp3) is 0.429. The number of hydrogen-bond acceptors (Lipinski definition) is 7. The Kier molecular flexibility index (Phi) is 8.81. The second kappa shape index (κ2) is 12.3. The fourth-order valence-corrected chi connectivity index (χ4v) is 5.82. The predicted molar refractivity (Wildman–Crippen MR) is 167 cm³/mol. The highest BCUT2D eigenvalue weighted by atomic mass is 19.1. The molecule has 0 aliphatic heterocycles. The lowest BCUT2D eigenvalue weighted by molar-refractivity contribution is -0.138. The summed E-state index contributed by atoms with van der Waals surface area (Å²) in [4.78, 5) is 18.4. The molecule has 6 rings (SSSR count). The average Bonchev–Trinajstić information content (AvgIpc) is 3.36. The van der Waals surface area contributed by atoms with Crippen molar-refractivity contribution in [3.63, 3.8) is 0 Å². The molecule has 2 atom stereocenters. The Labute approximate surface area is 262 Å². The van der Waals surface area contributed by atoms with E-state index in [-0.39, 0.29) is 17.8 Å². The van der Waals surface area contributed by atoms with Crippen LogP contribution in [0.5, 0.6) is 5.88 Å². The summed E-state index contributed by atoms with van der Waals surface area (Å²) in [6, 6.07) is 8.19. The Balaban J connectivity index is 0.000000515. The van der Waals surface area contributed by atoms with Crippen LogP contribution in [-0.2, 0) is 29.1 Å². The molecule has 2 unspecified atom stereocenters. The van der Waals surface area contributed by atoms with E-state index in [1.54, 1.807) is 24.9 Å². The zero-order valence-corrected chi connectivity index (χ0v) is 26.8. The first kappa shape index (κ1) is 32.2. The summed E-state index contributed by atoms with van der Waals surface area (Å²) in [5.41, 5.74) is 5.03. The van der Waals surface area contributed by atoms with E-state index in [9.17, 15) is 14.3 Å². The zero-order valence-electron chi connectivity index (χ0n) is 26.8. The number of halogens is 2. The van der Waals surface area contributed by atoms with E-state index in [1.165, 1.54) is 23.6 Å². The number of benzene rings is 2. The summed E-state index contributed by atoms with van der Waals surface area (Å²) >= 11 is 0. The van der Waals surface area contributed by atoms with Crippen LogP contribution in [0.25, 0.3) is 22.5 Å². The highest BCUT2D eigenvalue weighted by molar-refractivity contribution is 5.76. The van der Waals surface area contributed by atoms with Gasteiger partial charge in [0.05, 0.1) is 12.1 Å². The molecule has 1 saturated carbocycles. The maximum Gasteiger partial charge on any atom is 0.293 e. The number of aromatic nitrogens is 4. The maximum absolute atomic E-state index is 15.1. The molecule has 0 bridgehead atoms. The fourth-order valence-electron chi connectivity index (χ4n) is 5.82. The SMILES string of the molecule is CC(C)(C)OC=O.Cc1cc(-c2ncn(CC(C)(C)O)n2)cc(C)c1-c1cc(COc2cc3c(cn2)C2CC2C3)c(F)cc1F. The maximum atomic E-state index is 15.1. The summed E-state index contributed by atoms with van der Waals surface area (Å²) in [5, 5.41) is 14.5. The van der Waals surface area contributed by atoms with Gasteiger partial charge in [0.15, 0.2) is 5.82 Å². The van der Waals surface area contributed by atoms with Gasteiger partial charge in [-0.2, -0.15) is 5.10 Å². The molecule has 2 aliphatic rings. The Hall–Kier alpha value is -4.18. The van der Waals surface area contributed by atoms with E-state index in [4.69, 9.17) is 4.74 Å². The zero-order chi connectivity index (χ0) is 32.7. The highest BCUT2D eigenvalue weighted by Crippen LogP contribution is 2.56. The number of pyridine rings is 1. The predicted octanol–water partition coefficient (Wildman–Crippen LogP) is 6.87. The third-order valence-electron chi connectivity index (χ3n) is 7.86. The van der Waals surface area contributed by atoms with Crippen molar-refractivity contribution >= 4 is 6.47 Å². The van der Waals surface area contributed by atoms with Gasteiger partial charge in [0.1, 0.15) is 30.2 Å². The number of nitrogens with zero attached hydrogens (tertiary/aromatic N) is 4. The molecule has 45 heavy (non-hydrogen) atoms. The van der Waals surface area contributed by atoms with Crippen molar-refractivity contribution in [3.8, 4) is 28.4 Å². The molecule has 0 saturated heterocycles. The standard InChI is InChI=1S/C30H30F2N4O2.C5H10O2/c1-16-5-20(29-34-15-36(35-29)14-30(3,4)37)6-17(2)28(16)23-9-21(25(31)11-26(23)32)13-38-27-10-19-7-18-8-22(18)24(19)12-33-27;1-5(2,3)7-4-6/h5-6,9-12,15,18,22,37H,7-8,13-14H2,1-4H3;4H,1-3H3. The van der Waals surface area contributed by atoms with Crippen molar-refractivity contribution in [2.45, 2.75) is 91.6 Å². The number of carbonyl (C=O) groups excluding carboxylic acids is 1. The molecule has 1 fully saturated rings. The van der Waals surface area contributed by atoms with E-state index >= 15 is 4.39 Å². The van der Waals surface area contributed by atoms with Gasteiger partial charge >= 0.3 is 0 Å². The molecular weight excluding hydrogens is 578 g/mol. The number of ether oxygens (including phenoxy) is 2. The van der Waals surface area contributed by atoms with Crippen LogP contribution in [0.1, 0.15) is 74.8 Å². The molecule has 2 aromatic carbocycles. The lowest BCUT2D eigenvalue weighted by Crippen LogP contribution is -2.26. The molecule has 2 aromatic heterocycles. The number of rotatable bonds is 8. The first-order chi connectivity index (χ1) is 21.1. The van der Waals surface area contributed by atoms with Gasteiger partial charge in [0.25, 0.3) is 6.47 Å². The van der Waals surface area contributed by atoms with E-state index in [0.717, 1.165) is 35.1 Å². The van der Waals surface area contributed by atoms with Crippen molar-refractivity contribution in [1.82, 2.24) is 19.7 Å². The van der Waals surface area contributed by atoms with Gasteiger partial charge in [0.2, 0.25) is 5.88 Å². The summed E-state index contributed by atoms with van der Waals surface area (Å²) < 4.78 is 41.8. The number of fused-ring (bicyclic) bond motifs is 3. The van der Waals surface area contributed by atoms with Gasteiger partial charge in [-0.05, 0) is 119 Å². The van der Waals surface area contributed by atoms with E-state index < -0.39 is 17.2 Å². The first-order valence-corrected chi connectivity index (χ1v) is 15.1. The Morgan fingerprint density at radius 3 is 2.36 bits per heavy atom. The van der Waals surface area contributed by atoms with Crippen LogP contribution in [0.15, 0.2) is 42.9 Å². The van der Waals surface area contributed by atoms with Gasteiger partial charge in [-0.25, -0.2) is 23.4 Å². The van der Waals surface area contributed by atoms with Crippen LogP contribution in [0.4, 0.5) is 8.78 Å². The minimum atomic E-state index is -0.918. The van der Waals surface area contributed by atoms with Crippen LogP contribution < -0.4 is 4.74 Å². The summed E-state index contributed by atoms with van der Waals surface area (Å²) in [6.07, 6.45) is 5.76. The second-order valence-corrected chi connectivity index (χ2v) is 13.6. The first-order valence-electron chi connectivity index (χ1n) is 15.1. The summed E-state index contributed by atoms with van der Waals surface area (Å²) in [7, 11) is 0. The van der Waals surface area contributed by atoms with Crippen LogP contribution in [-0.4, -0.2) is 42.5 Å². The lowest BCUT2D eigenvalue weighted by atomic mass is 9.92. The van der Waals surface area contributed by atoms with Gasteiger partial charge in [-0.1, -0.05) is 0 Å². The van der Waals surface area contributed by atoms with E-state index in [1.807, 2.05) is 59.0 Å². The van der Waals surface area contributed by atoms with E-state index in [0.29, 0.717) is 41.8 Å². The third kappa shape index (κ3) is 7.73. The van der Waals surface area contributed by atoms with Crippen molar-refractivity contribution in [1.29, 1.82) is 0 Å². The monoisotopic (exact) mass is 618 g/mol. The second-order valence-electron chi connectivity index (χ2n) is 13.6. The molecule has 0 radical (unpaired) electrons. The van der Waals surface area contributed by atoms with Gasteiger partial charge in [-0.15, -0.1) is 0 Å². The molecule has 8 nitrogen and oxygen atoms in total. The average molecular weight is 619 g/mol. The highest BCUT2D eigenvalue weighted by Gasteiger charge is 2.45. The molecule has 10 heteroatoms. The van der Waals surface area contributed by atoms with Crippen LogP contribution in [0, 0.1) is 31.4 Å². The largest absolute Gasteiger partial charge is 0.473 e. The number of aryl methyl sites for hydroxylation is 2. The van der Waals surface area contributed by atoms with E-state index in [2.05, 4.69) is 19.8 Å². The Bertz CT molecular complexity index is 1700. The van der Waals surface area contributed by atoms with Crippen molar-refractivity contribution in [2.24, 2.45) is 5.92 Å². The Morgan fingerprint density at radius 2 is 1.73 bits per heavy atom. The van der Waals surface area contributed by atoms with Crippen molar-refractivity contribution in [3.05, 3.63) is 82.3 Å². The van der Waals surface area contributed by atoms with Crippen LogP contribution >= 0.6 is 0 Å². The number of aliphatic hydroxyl groups is 1. The molecular formula is C35H40F2N4O4. The molecule has 0 amide bonds. The molecule has 238 valence electrons.